The van der Waals surface area contributed by atoms with E-state index in [0.29, 0.717) is 0 Å². The second-order valence-electron chi connectivity index (χ2n) is 5.69. The lowest BCUT2D eigenvalue weighted by Gasteiger charge is -2.16. The van der Waals surface area contributed by atoms with Crippen molar-refractivity contribution in [1.29, 1.82) is 0 Å². The van der Waals surface area contributed by atoms with E-state index in [0.717, 1.165) is 13.1 Å². The van der Waals surface area contributed by atoms with Crippen molar-refractivity contribution >= 4 is 28.2 Å². The molecule has 3 rings (SSSR count). The van der Waals surface area contributed by atoms with Crippen molar-refractivity contribution in [2.45, 2.75) is 13.5 Å². The molecular weight excluding hydrogens is 286 g/mol. The van der Waals surface area contributed by atoms with Crippen LogP contribution in [-0.2, 0) is 6.54 Å². The Morgan fingerprint density at radius 2 is 1.82 bits per heavy atom. The van der Waals surface area contributed by atoms with Gasteiger partial charge in [0, 0.05) is 22.8 Å². The van der Waals surface area contributed by atoms with E-state index >= 15 is 0 Å². The molecule has 0 saturated carbocycles. The van der Waals surface area contributed by atoms with E-state index < -0.39 is 0 Å². The van der Waals surface area contributed by atoms with Crippen LogP contribution in [0.1, 0.15) is 15.3 Å². The van der Waals surface area contributed by atoms with Crippen LogP contribution in [0.15, 0.2) is 60.7 Å². The van der Waals surface area contributed by atoms with Gasteiger partial charge in [0.25, 0.3) is 0 Å². The van der Waals surface area contributed by atoms with Crippen LogP contribution in [0.4, 0.5) is 0 Å². The van der Waals surface area contributed by atoms with Gasteiger partial charge in [0.05, 0.1) is 0 Å². The van der Waals surface area contributed by atoms with Gasteiger partial charge in [-0.3, -0.25) is 4.90 Å². The quantitative estimate of drug-likeness (QED) is 0.614. The fourth-order valence-corrected chi connectivity index (χ4v) is 3.49. The molecule has 0 N–H and O–H groups in total. The molecule has 0 aliphatic rings. The first-order valence-electron chi connectivity index (χ1n) is 7.60. The number of benzene rings is 2. The average Bonchev–Trinajstić information content (AvgIpc) is 2.93. The summed E-state index contributed by atoms with van der Waals surface area (Å²) in [5.41, 5.74) is 1.39. The highest BCUT2D eigenvalue weighted by Gasteiger charge is 2.03. The fraction of sp³-hybridized carbons (Fsp3) is 0.200. The molecule has 1 heterocycles. The van der Waals surface area contributed by atoms with Gasteiger partial charge in [0.2, 0.25) is 0 Å². The maximum Gasteiger partial charge on any atom is 0.0270 e. The smallest absolute Gasteiger partial charge is 0.0270 e. The number of aryl methyl sites for hydroxylation is 1. The first-order valence-corrected chi connectivity index (χ1v) is 8.42. The Balaban J connectivity index is 1.66. The van der Waals surface area contributed by atoms with Crippen molar-refractivity contribution in [3.8, 4) is 0 Å². The van der Waals surface area contributed by atoms with E-state index in [2.05, 4.69) is 85.6 Å². The molecule has 0 saturated heterocycles. The predicted octanol–water partition coefficient (Wildman–Crippen LogP) is 5.35. The molecule has 0 aliphatic heterocycles. The SMILES string of the molecule is Cc1ccc(/C=C/CN(C)Cc2cccc3ccccc23)s1. The molecule has 0 radical (unpaired) electrons. The molecular formula is C20H21NS. The number of thiophene rings is 1. The fourth-order valence-electron chi connectivity index (χ4n) is 2.68. The summed E-state index contributed by atoms with van der Waals surface area (Å²) >= 11 is 1.84. The van der Waals surface area contributed by atoms with Crippen LogP contribution in [0.3, 0.4) is 0 Å². The molecule has 0 aliphatic carbocycles. The van der Waals surface area contributed by atoms with Crippen molar-refractivity contribution in [2.24, 2.45) is 0 Å². The van der Waals surface area contributed by atoms with Crippen LogP contribution in [0.25, 0.3) is 16.8 Å². The van der Waals surface area contributed by atoms with Crippen molar-refractivity contribution in [1.82, 2.24) is 4.90 Å². The van der Waals surface area contributed by atoms with Crippen LogP contribution in [-0.4, -0.2) is 18.5 Å². The van der Waals surface area contributed by atoms with Crippen LogP contribution in [0, 0.1) is 6.92 Å². The lowest BCUT2D eigenvalue weighted by Crippen LogP contribution is -2.17. The normalized spacial score (nSPS) is 11.8. The molecule has 2 heteroatoms. The van der Waals surface area contributed by atoms with Crippen LogP contribution in [0.2, 0.25) is 0 Å². The molecule has 0 unspecified atom stereocenters. The highest BCUT2D eigenvalue weighted by Crippen LogP contribution is 2.20. The molecule has 112 valence electrons. The van der Waals surface area contributed by atoms with E-state index in [-0.39, 0.29) is 0 Å². The Kier molecular flexibility index (Phi) is 4.71. The van der Waals surface area contributed by atoms with Crippen LogP contribution >= 0.6 is 11.3 Å². The molecule has 1 nitrogen and oxygen atoms in total. The molecule has 0 atom stereocenters. The highest BCUT2D eigenvalue weighted by atomic mass is 32.1. The zero-order valence-corrected chi connectivity index (χ0v) is 13.9. The van der Waals surface area contributed by atoms with Crippen molar-refractivity contribution < 1.29 is 0 Å². The minimum absolute atomic E-state index is 0.959. The summed E-state index contributed by atoms with van der Waals surface area (Å²) in [5, 5.41) is 2.67. The molecule has 0 spiro atoms. The topological polar surface area (TPSA) is 3.24 Å². The number of fused-ring (bicyclic) bond motifs is 1. The number of hydrogen-bond acceptors (Lipinski definition) is 2. The van der Waals surface area contributed by atoms with E-state index in [1.165, 1.54) is 26.1 Å². The van der Waals surface area contributed by atoms with Gasteiger partial charge in [-0.1, -0.05) is 48.5 Å². The minimum Gasteiger partial charge on any atom is -0.298 e. The summed E-state index contributed by atoms with van der Waals surface area (Å²) in [6, 6.07) is 19.5. The van der Waals surface area contributed by atoms with E-state index in [1.54, 1.807) is 0 Å². The lowest BCUT2D eigenvalue weighted by molar-refractivity contribution is 0.365. The number of likely N-dealkylation sites (N-methyl/N-ethyl adjacent to an activating group) is 1. The summed E-state index contributed by atoms with van der Waals surface area (Å²) in [7, 11) is 2.17. The lowest BCUT2D eigenvalue weighted by atomic mass is 10.0. The number of nitrogens with zero attached hydrogens (tertiary/aromatic N) is 1. The second kappa shape index (κ2) is 6.91. The second-order valence-corrected chi connectivity index (χ2v) is 7.01. The first-order chi connectivity index (χ1) is 10.7. The maximum absolute atomic E-state index is 2.35. The molecule has 0 bridgehead atoms. The molecule has 3 aromatic rings. The van der Waals surface area contributed by atoms with Crippen molar-refractivity contribution in [2.75, 3.05) is 13.6 Å². The Labute approximate surface area is 136 Å². The molecule has 22 heavy (non-hydrogen) atoms. The highest BCUT2D eigenvalue weighted by molar-refractivity contribution is 7.12. The van der Waals surface area contributed by atoms with E-state index in [9.17, 15) is 0 Å². The summed E-state index contributed by atoms with van der Waals surface area (Å²) in [5.74, 6) is 0. The van der Waals surface area contributed by atoms with Gasteiger partial charge in [-0.25, -0.2) is 0 Å². The van der Waals surface area contributed by atoms with Crippen molar-refractivity contribution in [3.05, 3.63) is 76.0 Å². The Morgan fingerprint density at radius 1 is 1.00 bits per heavy atom. The third kappa shape index (κ3) is 3.65. The maximum atomic E-state index is 2.35. The molecule has 0 amide bonds. The third-order valence-electron chi connectivity index (χ3n) is 3.78. The Bertz CT molecular complexity index is 780. The Hall–Kier alpha value is -1.90. The minimum atomic E-state index is 0.959. The zero-order chi connectivity index (χ0) is 15.4. The number of hydrogen-bond donors (Lipinski definition) is 0. The van der Waals surface area contributed by atoms with Gasteiger partial charge in [-0.05, 0) is 48.5 Å². The van der Waals surface area contributed by atoms with Crippen LogP contribution in [0.5, 0.6) is 0 Å². The number of rotatable bonds is 5. The molecule has 2 aromatic carbocycles. The van der Waals surface area contributed by atoms with Gasteiger partial charge in [0.15, 0.2) is 0 Å². The average molecular weight is 307 g/mol. The van der Waals surface area contributed by atoms with Crippen molar-refractivity contribution in [3.63, 3.8) is 0 Å². The molecule has 1 aromatic heterocycles. The van der Waals surface area contributed by atoms with Crippen LogP contribution < -0.4 is 0 Å². The monoisotopic (exact) mass is 307 g/mol. The standard InChI is InChI=1S/C20H21NS/c1-16-12-13-19(22-16)10-6-14-21(2)15-18-9-5-8-17-7-3-4-11-20(17)18/h3-13H,14-15H2,1-2H3/b10-6+. The van der Waals surface area contributed by atoms with E-state index in [1.807, 2.05) is 11.3 Å². The van der Waals surface area contributed by atoms with Gasteiger partial charge < -0.3 is 0 Å². The Morgan fingerprint density at radius 3 is 2.64 bits per heavy atom. The van der Waals surface area contributed by atoms with E-state index in [4.69, 9.17) is 0 Å². The summed E-state index contributed by atoms with van der Waals surface area (Å²) in [6.45, 7) is 4.07. The summed E-state index contributed by atoms with van der Waals surface area (Å²) in [4.78, 5) is 5.04. The largest absolute Gasteiger partial charge is 0.298 e. The van der Waals surface area contributed by atoms with Gasteiger partial charge in [-0.15, -0.1) is 11.3 Å². The predicted molar refractivity (Wildman–Crippen MR) is 98.4 cm³/mol. The van der Waals surface area contributed by atoms with Gasteiger partial charge in [-0.2, -0.15) is 0 Å². The molecule has 0 fully saturated rings. The summed E-state index contributed by atoms with van der Waals surface area (Å²) < 4.78 is 0. The summed E-state index contributed by atoms with van der Waals surface area (Å²) in [6.07, 6.45) is 4.47. The van der Waals surface area contributed by atoms with Gasteiger partial charge in [0.1, 0.15) is 0 Å². The first kappa shape index (κ1) is 15.0. The third-order valence-corrected chi connectivity index (χ3v) is 4.75. The zero-order valence-electron chi connectivity index (χ0n) is 13.1. The van der Waals surface area contributed by atoms with Gasteiger partial charge >= 0.3 is 0 Å².